The normalized spacial score (nSPS) is 28.2. The fraction of sp³-hybridized carbons (Fsp3) is 1.00. The Hall–Kier alpha value is -0.110. The molecule has 0 bridgehead atoms. The molecule has 2 heteroatoms. The van der Waals surface area contributed by atoms with Crippen LogP contribution in [0.5, 0.6) is 0 Å². The van der Waals surface area contributed by atoms with E-state index >= 15 is 0 Å². The van der Waals surface area contributed by atoms with Gasteiger partial charge in [-0.25, -0.2) is 4.39 Å². The van der Waals surface area contributed by atoms with E-state index in [-0.39, 0.29) is 12.7 Å². The molecule has 0 aromatic carbocycles. The number of nitrogens with zero attached hydrogens (tertiary/aromatic N) is 1. The Bertz CT molecular complexity index is 103. The zero-order valence-corrected chi connectivity index (χ0v) is 6.81. The predicted molar refractivity (Wildman–Crippen MR) is 40.8 cm³/mol. The lowest BCUT2D eigenvalue weighted by Gasteiger charge is -2.25. The SMILES string of the molecule is CC(C)N1CCC[C@@H]1CF. The van der Waals surface area contributed by atoms with E-state index in [4.69, 9.17) is 0 Å². The third-order valence-corrected chi connectivity index (χ3v) is 2.26. The van der Waals surface area contributed by atoms with Crippen LogP contribution in [0.4, 0.5) is 4.39 Å². The molecule has 0 radical (unpaired) electrons. The van der Waals surface area contributed by atoms with Gasteiger partial charge in [0.25, 0.3) is 0 Å². The maximum atomic E-state index is 12.3. The molecule has 1 fully saturated rings. The summed E-state index contributed by atoms with van der Waals surface area (Å²) in [4.78, 5) is 2.25. The molecule has 60 valence electrons. The van der Waals surface area contributed by atoms with Gasteiger partial charge >= 0.3 is 0 Å². The number of alkyl halides is 1. The predicted octanol–water partition coefficient (Wildman–Crippen LogP) is 1.83. The summed E-state index contributed by atoms with van der Waals surface area (Å²) in [6, 6.07) is 0.739. The Morgan fingerprint density at radius 1 is 1.60 bits per heavy atom. The molecule has 10 heavy (non-hydrogen) atoms. The lowest BCUT2D eigenvalue weighted by atomic mass is 10.2. The minimum absolute atomic E-state index is 0.168. The number of rotatable bonds is 2. The van der Waals surface area contributed by atoms with E-state index in [0.29, 0.717) is 6.04 Å². The zero-order valence-electron chi connectivity index (χ0n) is 6.81. The summed E-state index contributed by atoms with van der Waals surface area (Å²) in [5, 5.41) is 0. The van der Waals surface area contributed by atoms with Crippen LogP contribution in [-0.2, 0) is 0 Å². The average Bonchev–Trinajstić information content (AvgIpc) is 2.33. The Morgan fingerprint density at radius 3 is 2.70 bits per heavy atom. The molecule has 1 rings (SSSR count). The van der Waals surface area contributed by atoms with Gasteiger partial charge in [-0.05, 0) is 33.2 Å². The van der Waals surface area contributed by atoms with Crippen molar-refractivity contribution >= 4 is 0 Å². The fourth-order valence-corrected chi connectivity index (χ4v) is 1.70. The molecule has 0 spiro atoms. The van der Waals surface area contributed by atoms with Gasteiger partial charge < -0.3 is 0 Å². The van der Waals surface area contributed by atoms with Crippen LogP contribution in [0.3, 0.4) is 0 Å². The molecule has 1 heterocycles. The van der Waals surface area contributed by atoms with Crippen molar-refractivity contribution in [2.45, 2.75) is 38.8 Å². The highest BCUT2D eigenvalue weighted by Gasteiger charge is 2.25. The van der Waals surface area contributed by atoms with Crippen LogP contribution in [0.15, 0.2) is 0 Å². The van der Waals surface area contributed by atoms with Gasteiger partial charge in [-0.2, -0.15) is 0 Å². The Kier molecular flexibility index (Phi) is 2.66. The van der Waals surface area contributed by atoms with E-state index in [0.717, 1.165) is 13.0 Å². The largest absolute Gasteiger partial charge is 0.295 e. The molecule has 0 unspecified atom stereocenters. The minimum atomic E-state index is -0.168. The molecular formula is C8H16FN. The van der Waals surface area contributed by atoms with E-state index < -0.39 is 0 Å². The van der Waals surface area contributed by atoms with Crippen molar-refractivity contribution in [2.24, 2.45) is 0 Å². The third kappa shape index (κ3) is 1.48. The number of hydrogen-bond donors (Lipinski definition) is 0. The maximum absolute atomic E-state index is 12.3. The smallest absolute Gasteiger partial charge is 0.105 e. The first-order valence-electron chi connectivity index (χ1n) is 4.07. The quantitative estimate of drug-likeness (QED) is 0.573. The van der Waals surface area contributed by atoms with E-state index in [1.165, 1.54) is 6.42 Å². The van der Waals surface area contributed by atoms with Gasteiger partial charge in [-0.15, -0.1) is 0 Å². The Balaban J connectivity index is 2.42. The topological polar surface area (TPSA) is 3.24 Å². The molecule has 0 aliphatic carbocycles. The van der Waals surface area contributed by atoms with Crippen molar-refractivity contribution in [3.8, 4) is 0 Å². The van der Waals surface area contributed by atoms with Crippen LogP contribution in [-0.4, -0.2) is 30.2 Å². The molecule has 1 aliphatic rings. The van der Waals surface area contributed by atoms with E-state index in [2.05, 4.69) is 18.7 Å². The molecule has 0 N–H and O–H groups in total. The maximum Gasteiger partial charge on any atom is 0.105 e. The first-order valence-corrected chi connectivity index (χ1v) is 4.07. The molecule has 1 atom stereocenters. The standard InChI is InChI=1S/C8H16FN/c1-7(2)10-5-3-4-8(10)6-9/h7-8H,3-6H2,1-2H3/t8-/m1/s1. The van der Waals surface area contributed by atoms with Crippen molar-refractivity contribution in [3.63, 3.8) is 0 Å². The summed E-state index contributed by atoms with van der Waals surface area (Å²) in [7, 11) is 0. The van der Waals surface area contributed by atoms with Crippen molar-refractivity contribution in [1.29, 1.82) is 0 Å². The molecule has 0 amide bonds. The summed E-state index contributed by atoms with van der Waals surface area (Å²) < 4.78 is 12.3. The number of likely N-dealkylation sites (tertiary alicyclic amines) is 1. The van der Waals surface area contributed by atoms with Crippen LogP contribution in [0.25, 0.3) is 0 Å². The number of halogens is 1. The lowest BCUT2D eigenvalue weighted by molar-refractivity contribution is 0.175. The minimum Gasteiger partial charge on any atom is -0.295 e. The molecule has 0 aromatic rings. The van der Waals surface area contributed by atoms with Gasteiger partial charge in [0.05, 0.1) is 0 Å². The second-order valence-electron chi connectivity index (χ2n) is 3.28. The van der Waals surface area contributed by atoms with Crippen molar-refractivity contribution in [1.82, 2.24) is 4.90 Å². The first kappa shape index (κ1) is 7.99. The molecule has 1 nitrogen and oxygen atoms in total. The summed E-state index contributed by atoms with van der Waals surface area (Å²) in [6.07, 6.45) is 2.22. The second kappa shape index (κ2) is 3.33. The van der Waals surface area contributed by atoms with Gasteiger partial charge in [0, 0.05) is 12.1 Å². The first-order chi connectivity index (χ1) is 4.75. The van der Waals surface area contributed by atoms with E-state index in [1.54, 1.807) is 0 Å². The number of hydrogen-bond acceptors (Lipinski definition) is 1. The Morgan fingerprint density at radius 2 is 2.30 bits per heavy atom. The van der Waals surface area contributed by atoms with Crippen LogP contribution < -0.4 is 0 Å². The van der Waals surface area contributed by atoms with Crippen LogP contribution >= 0.6 is 0 Å². The lowest BCUT2D eigenvalue weighted by Crippen LogP contribution is -2.36. The third-order valence-electron chi connectivity index (χ3n) is 2.26. The van der Waals surface area contributed by atoms with Gasteiger partial charge in [0.2, 0.25) is 0 Å². The fourth-order valence-electron chi connectivity index (χ4n) is 1.70. The molecule has 0 aromatic heterocycles. The molecular weight excluding hydrogens is 129 g/mol. The monoisotopic (exact) mass is 145 g/mol. The highest BCUT2D eigenvalue weighted by Crippen LogP contribution is 2.19. The van der Waals surface area contributed by atoms with Crippen LogP contribution in [0, 0.1) is 0 Å². The molecule has 1 aliphatic heterocycles. The second-order valence-corrected chi connectivity index (χ2v) is 3.28. The van der Waals surface area contributed by atoms with E-state index in [9.17, 15) is 4.39 Å². The molecule has 0 saturated carbocycles. The van der Waals surface area contributed by atoms with Crippen LogP contribution in [0.1, 0.15) is 26.7 Å². The summed E-state index contributed by atoms with van der Waals surface area (Å²) in [5.74, 6) is 0. The van der Waals surface area contributed by atoms with Gasteiger partial charge in [-0.3, -0.25) is 4.90 Å². The van der Waals surface area contributed by atoms with Gasteiger partial charge in [-0.1, -0.05) is 0 Å². The highest BCUT2D eigenvalue weighted by atomic mass is 19.1. The zero-order chi connectivity index (χ0) is 7.56. The highest BCUT2D eigenvalue weighted by molar-refractivity contribution is 4.80. The van der Waals surface area contributed by atoms with Gasteiger partial charge in [0.1, 0.15) is 6.67 Å². The average molecular weight is 145 g/mol. The van der Waals surface area contributed by atoms with Crippen LogP contribution in [0.2, 0.25) is 0 Å². The Labute approximate surface area is 62.2 Å². The van der Waals surface area contributed by atoms with Crippen molar-refractivity contribution < 1.29 is 4.39 Å². The summed E-state index contributed by atoms with van der Waals surface area (Å²) >= 11 is 0. The molecule has 1 saturated heterocycles. The van der Waals surface area contributed by atoms with Gasteiger partial charge in [0.15, 0.2) is 0 Å². The van der Waals surface area contributed by atoms with E-state index in [1.807, 2.05) is 0 Å². The summed E-state index contributed by atoms with van der Waals surface area (Å²) in [5.41, 5.74) is 0. The summed E-state index contributed by atoms with van der Waals surface area (Å²) in [6.45, 7) is 5.19. The van der Waals surface area contributed by atoms with Crippen molar-refractivity contribution in [3.05, 3.63) is 0 Å². The van der Waals surface area contributed by atoms with Crippen molar-refractivity contribution in [2.75, 3.05) is 13.2 Å².